The van der Waals surface area contributed by atoms with Gasteiger partial charge in [-0.05, 0) is 0 Å². The molecule has 1 fully saturated rings. The lowest BCUT2D eigenvalue weighted by Gasteiger charge is -2.47. The van der Waals surface area contributed by atoms with Crippen molar-refractivity contribution in [3.05, 3.63) is 0 Å². The van der Waals surface area contributed by atoms with Crippen LogP contribution in [0.4, 0.5) is 13.2 Å². The maximum atomic E-state index is 12.6. The van der Waals surface area contributed by atoms with Crippen LogP contribution in [0.5, 0.6) is 0 Å². The Labute approximate surface area is 131 Å². The summed E-state index contributed by atoms with van der Waals surface area (Å²) in [6.07, 6.45) is -14.4. The normalized spacial score (nSPS) is 36.9. The molecule has 1 heterocycles. The Balaban J connectivity index is 3.32. The molecular formula is C11H16F3NO9. The second-order valence-electron chi connectivity index (χ2n) is 5.23. The number of carbonyl (C=O) groups excluding carboxylic acids is 1. The molecule has 8 N–H and O–H groups in total. The van der Waals surface area contributed by atoms with Crippen LogP contribution < -0.4 is 5.73 Å². The van der Waals surface area contributed by atoms with Gasteiger partial charge in [-0.25, -0.2) is 4.79 Å². The zero-order valence-electron chi connectivity index (χ0n) is 11.8. The number of rotatable bonds is 5. The van der Waals surface area contributed by atoms with E-state index in [1.54, 1.807) is 0 Å². The van der Waals surface area contributed by atoms with Crippen molar-refractivity contribution in [3.63, 3.8) is 0 Å². The van der Waals surface area contributed by atoms with Gasteiger partial charge in [0.15, 0.2) is 0 Å². The molecule has 0 bridgehead atoms. The average Bonchev–Trinajstić information content (AvgIpc) is 2.48. The molecule has 0 amide bonds. The van der Waals surface area contributed by atoms with Gasteiger partial charge in [-0.1, -0.05) is 0 Å². The number of aliphatic hydroxyl groups is 5. The van der Waals surface area contributed by atoms with Crippen molar-refractivity contribution >= 4 is 11.8 Å². The third-order valence-electron chi connectivity index (χ3n) is 3.64. The molecule has 0 aromatic rings. The van der Waals surface area contributed by atoms with Gasteiger partial charge in [0.25, 0.3) is 5.79 Å². The van der Waals surface area contributed by atoms with Gasteiger partial charge in [-0.2, -0.15) is 13.2 Å². The second-order valence-corrected chi connectivity index (χ2v) is 5.23. The number of carboxylic acids is 1. The third-order valence-corrected chi connectivity index (χ3v) is 3.64. The summed E-state index contributed by atoms with van der Waals surface area (Å²) in [5, 5.41) is 56.4. The van der Waals surface area contributed by atoms with E-state index >= 15 is 0 Å². The third kappa shape index (κ3) is 3.51. The van der Waals surface area contributed by atoms with Crippen LogP contribution in [0.2, 0.25) is 0 Å². The highest BCUT2D eigenvalue weighted by Gasteiger charge is 2.65. The van der Waals surface area contributed by atoms with Crippen molar-refractivity contribution in [1.29, 1.82) is 0 Å². The van der Waals surface area contributed by atoms with E-state index < -0.39 is 66.7 Å². The number of carbonyl (C=O) groups is 2. The monoisotopic (exact) mass is 363 g/mol. The molecule has 1 aliphatic rings. The fraction of sp³-hybridized carbons (Fsp3) is 0.818. The number of ketones is 1. The number of hydrogen-bond donors (Lipinski definition) is 7. The van der Waals surface area contributed by atoms with E-state index in [9.17, 15) is 43.2 Å². The molecule has 0 saturated carbocycles. The summed E-state index contributed by atoms with van der Waals surface area (Å²) in [5.41, 5.74) is 5.36. The molecule has 7 atom stereocenters. The molecule has 24 heavy (non-hydrogen) atoms. The lowest BCUT2D eigenvalue weighted by molar-refractivity contribution is -0.316. The Hall–Kier alpha value is -1.35. The molecule has 13 heteroatoms. The number of Topliss-reactive ketones (excluding diaryl/α,β-unsaturated/α-hetero) is 1. The molecule has 0 aromatic carbocycles. The van der Waals surface area contributed by atoms with Gasteiger partial charge in [0.1, 0.15) is 24.2 Å². The highest BCUT2D eigenvalue weighted by atomic mass is 19.4. The Morgan fingerprint density at radius 2 is 1.79 bits per heavy atom. The summed E-state index contributed by atoms with van der Waals surface area (Å²) < 4.78 is 42.2. The van der Waals surface area contributed by atoms with E-state index in [1.807, 2.05) is 0 Å². The van der Waals surface area contributed by atoms with Crippen LogP contribution in [0.3, 0.4) is 0 Å². The quantitative estimate of drug-likeness (QED) is 0.256. The molecule has 1 saturated heterocycles. The zero-order valence-corrected chi connectivity index (χ0v) is 11.8. The van der Waals surface area contributed by atoms with Crippen molar-refractivity contribution < 1.29 is 58.1 Å². The smallest absolute Gasteiger partial charge is 0.450 e. The molecule has 0 spiro atoms. The van der Waals surface area contributed by atoms with Crippen LogP contribution in [0.25, 0.3) is 0 Å². The second kappa shape index (κ2) is 6.87. The first-order chi connectivity index (χ1) is 10.8. The number of aliphatic hydroxyl groups excluding tert-OH is 4. The van der Waals surface area contributed by atoms with Crippen molar-refractivity contribution in [2.24, 2.45) is 11.7 Å². The minimum atomic E-state index is -5.62. The number of halogens is 3. The molecule has 0 aromatic heterocycles. The number of alkyl halides is 3. The van der Waals surface area contributed by atoms with Crippen LogP contribution >= 0.6 is 0 Å². The van der Waals surface area contributed by atoms with E-state index in [0.29, 0.717) is 0 Å². The summed E-state index contributed by atoms with van der Waals surface area (Å²) in [6, 6.07) is -1.99. The van der Waals surface area contributed by atoms with E-state index in [4.69, 9.17) is 15.9 Å². The van der Waals surface area contributed by atoms with Gasteiger partial charge < -0.3 is 41.1 Å². The molecule has 0 radical (unpaired) electrons. The van der Waals surface area contributed by atoms with E-state index in [2.05, 4.69) is 4.74 Å². The summed E-state index contributed by atoms with van der Waals surface area (Å²) >= 11 is 0. The first-order valence-corrected chi connectivity index (χ1v) is 6.44. The van der Waals surface area contributed by atoms with Crippen molar-refractivity contribution in [1.82, 2.24) is 0 Å². The summed E-state index contributed by atoms with van der Waals surface area (Å²) in [4.78, 5) is 22.5. The number of nitrogens with two attached hydrogens (primary N) is 1. The van der Waals surface area contributed by atoms with Gasteiger partial charge in [-0.15, -0.1) is 0 Å². The number of hydrogen-bond acceptors (Lipinski definition) is 9. The van der Waals surface area contributed by atoms with Crippen LogP contribution in [0.1, 0.15) is 0 Å². The highest BCUT2D eigenvalue weighted by Crippen LogP contribution is 2.38. The van der Waals surface area contributed by atoms with Gasteiger partial charge >= 0.3 is 12.1 Å². The molecule has 2 unspecified atom stereocenters. The van der Waals surface area contributed by atoms with Gasteiger partial charge in [0.05, 0.1) is 18.8 Å². The highest BCUT2D eigenvalue weighted by molar-refractivity contribution is 5.93. The number of aliphatic carboxylic acids is 1. The standard InChI is InChI=1S/C11H16F3NO9/c12-11(13,14)8(20)3-6(19)4(15)7(5(18)2(17)1-16)24-10(3,23)9(21)22/h2-7,16-19,23H,1,15H2,(H,21,22)/t2-,3?,4-,5-,6+,7-,10?/m1/s1. The SMILES string of the molecule is N[C@H]1[C@H]([C@H](O)[C@H](O)CO)OC(O)(C(=O)O)C(C(=O)C(F)(F)F)[C@@H]1O. The lowest BCUT2D eigenvalue weighted by atomic mass is 9.78. The fourth-order valence-electron chi connectivity index (χ4n) is 2.32. The lowest BCUT2D eigenvalue weighted by Crippen LogP contribution is -2.72. The van der Waals surface area contributed by atoms with Crippen LogP contribution in [0.15, 0.2) is 0 Å². The Kier molecular flexibility index (Phi) is 5.93. The number of carboxylic acid groups (broad SMARTS) is 1. The minimum absolute atomic E-state index is 1.07. The first-order valence-electron chi connectivity index (χ1n) is 6.44. The minimum Gasteiger partial charge on any atom is -0.477 e. The molecular weight excluding hydrogens is 347 g/mol. The van der Waals surface area contributed by atoms with E-state index in [-0.39, 0.29) is 0 Å². The van der Waals surface area contributed by atoms with Crippen LogP contribution in [-0.2, 0) is 14.3 Å². The predicted octanol–water partition coefficient (Wildman–Crippen LogP) is -3.69. The molecule has 0 aliphatic carbocycles. The maximum absolute atomic E-state index is 12.6. The maximum Gasteiger partial charge on any atom is 0.450 e. The van der Waals surface area contributed by atoms with Gasteiger partial charge in [0, 0.05) is 0 Å². The van der Waals surface area contributed by atoms with Crippen LogP contribution in [0, 0.1) is 5.92 Å². The summed E-state index contributed by atoms with van der Waals surface area (Å²) in [5.74, 6) is -12.2. The Bertz CT molecular complexity index is 502. The Morgan fingerprint density at radius 1 is 1.29 bits per heavy atom. The fourth-order valence-corrected chi connectivity index (χ4v) is 2.32. The number of ether oxygens (including phenoxy) is 1. The molecule has 1 rings (SSSR count). The van der Waals surface area contributed by atoms with E-state index in [1.165, 1.54) is 0 Å². The molecule has 1 aliphatic heterocycles. The van der Waals surface area contributed by atoms with Gasteiger partial charge in [-0.3, -0.25) is 4.79 Å². The van der Waals surface area contributed by atoms with Crippen molar-refractivity contribution in [2.75, 3.05) is 6.61 Å². The van der Waals surface area contributed by atoms with Crippen molar-refractivity contribution in [3.8, 4) is 0 Å². The zero-order chi connectivity index (χ0) is 19.0. The molecule has 10 nitrogen and oxygen atoms in total. The topological polar surface area (TPSA) is 191 Å². The van der Waals surface area contributed by atoms with Gasteiger partial charge in [0.2, 0.25) is 5.78 Å². The molecule has 140 valence electrons. The average molecular weight is 363 g/mol. The Morgan fingerprint density at radius 3 is 2.17 bits per heavy atom. The summed E-state index contributed by atoms with van der Waals surface area (Å²) in [7, 11) is 0. The van der Waals surface area contributed by atoms with Crippen molar-refractivity contribution in [2.45, 2.75) is 42.4 Å². The first kappa shape index (κ1) is 20.7. The van der Waals surface area contributed by atoms with Crippen LogP contribution in [-0.4, -0.2) is 91.4 Å². The summed E-state index contributed by atoms with van der Waals surface area (Å²) in [6.45, 7) is -1.07. The van der Waals surface area contributed by atoms with E-state index in [0.717, 1.165) is 0 Å². The predicted molar refractivity (Wildman–Crippen MR) is 65.1 cm³/mol. The largest absolute Gasteiger partial charge is 0.477 e.